The van der Waals surface area contributed by atoms with Crippen molar-refractivity contribution in [3.63, 3.8) is 0 Å². The minimum Gasteiger partial charge on any atom is -0.756 e. The number of likely N-dealkylation sites (N-methyl/N-ethyl adjacent to an activating group) is 1. The van der Waals surface area contributed by atoms with Gasteiger partial charge in [0, 0.05) is 12.8 Å². The number of allylic oxidation sites excluding steroid dienone is 18. The van der Waals surface area contributed by atoms with E-state index in [0.717, 1.165) is 89.9 Å². The van der Waals surface area contributed by atoms with Gasteiger partial charge in [0.05, 0.1) is 27.7 Å². The van der Waals surface area contributed by atoms with Crippen molar-refractivity contribution >= 4 is 19.8 Å². The number of carbonyl (C=O) groups excluding carboxylic acids is 2. The van der Waals surface area contributed by atoms with Crippen molar-refractivity contribution in [2.24, 2.45) is 0 Å². The fourth-order valence-electron chi connectivity index (χ4n) is 5.60. The Labute approximate surface area is 378 Å². The third-order valence-electron chi connectivity index (χ3n) is 9.28. The van der Waals surface area contributed by atoms with Crippen LogP contribution in [-0.2, 0) is 32.7 Å². The topological polar surface area (TPSA) is 111 Å². The van der Waals surface area contributed by atoms with Gasteiger partial charge in [0.25, 0.3) is 7.82 Å². The normalized spacial score (nSPS) is 14.5. The Balaban J connectivity index is 4.48. The average Bonchev–Trinajstić information content (AvgIpc) is 3.23. The second-order valence-electron chi connectivity index (χ2n) is 16.4. The summed E-state index contributed by atoms with van der Waals surface area (Å²) in [7, 11) is 1.10. The Kier molecular flexibility index (Phi) is 40.6. The van der Waals surface area contributed by atoms with E-state index in [1.807, 2.05) is 21.1 Å². The first-order chi connectivity index (χ1) is 30.0. The molecule has 0 spiro atoms. The molecular formula is C52H86NO8P. The minimum absolute atomic E-state index is 0.0498. The maximum atomic E-state index is 12.7. The molecule has 352 valence electrons. The van der Waals surface area contributed by atoms with Crippen LogP contribution in [0.2, 0.25) is 0 Å². The molecule has 0 fully saturated rings. The lowest BCUT2D eigenvalue weighted by molar-refractivity contribution is -0.870. The number of hydrogen-bond donors (Lipinski definition) is 0. The third-order valence-corrected chi connectivity index (χ3v) is 10.2. The number of rotatable bonds is 41. The van der Waals surface area contributed by atoms with Gasteiger partial charge in [0.1, 0.15) is 19.8 Å². The molecule has 0 aliphatic heterocycles. The van der Waals surface area contributed by atoms with Crippen LogP contribution in [-0.4, -0.2) is 70.0 Å². The van der Waals surface area contributed by atoms with E-state index in [2.05, 4.69) is 123 Å². The highest BCUT2D eigenvalue weighted by atomic mass is 31.2. The standard InChI is InChI=1S/C52H86NO8P/c1-6-8-10-12-14-16-18-20-22-24-26-28-30-32-34-36-38-40-42-44-51(54)58-48-50(49-60-62(56,57)59-47-46-53(3,4)5)61-52(55)45-43-41-39-37-35-33-31-29-27-25-23-21-19-17-15-13-11-9-7-2/h9,11,14-17,20-23,26-29,32-35,50H,6-8,10,12-13,18-19,24-25,30-31,36-49H2,1-5H3/b11-9+,16-14+,17-15+,22-20+,23-21+,28-26+,29-27+,34-32+,35-33+/t50-/m1/s1. The molecule has 0 bridgehead atoms. The molecule has 0 aromatic rings. The van der Waals surface area contributed by atoms with Crippen molar-refractivity contribution in [2.45, 2.75) is 161 Å². The highest BCUT2D eigenvalue weighted by Gasteiger charge is 2.21. The number of ether oxygens (including phenoxy) is 2. The van der Waals surface area contributed by atoms with Gasteiger partial charge in [-0.25, -0.2) is 0 Å². The van der Waals surface area contributed by atoms with Gasteiger partial charge in [-0.2, -0.15) is 0 Å². The van der Waals surface area contributed by atoms with Gasteiger partial charge in [-0.1, -0.05) is 149 Å². The molecule has 0 N–H and O–H groups in total. The fraction of sp³-hybridized carbons (Fsp3) is 0.615. The van der Waals surface area contributed by atoms with Gasteiger partial charge in [-0.3, -0.25) is 14.2 Å². The predicted octanol–water partition coefficient (Wildman–Crippen LogP) is 13.3. The average molecular weight is 884 g/mol. The van der Waals surface area contributed by atoms with Gasteiger partial charge in [-0.05, 0) is 103 Å². The molecule has 0 radical (unpaired) electrons. The molecule has 0 amide bonds. The Bertz CT molecular complexity index is 1420. The summed E-state index contributed by atoms with van der Waals surface area (Å²) in [6, 6.07) is 0. The van der Waals surface area contributed by atoms with E-state index in [9.17, 15) is 19.0 Å². The first kappa shape index (κ1) is 58.7. The largest absolute Gasteiger partial charge is 0.756 e. The van der Waals surface area contributed by atoms with Crippen molar-refractivity contribution < 1.29 is 42.1 Å². The summed E-state index contributed by atoms with van der Waals surface area (Å²) < 4.78 is 33.9. The van der Waals surface area contributed by atoms with Gasteiger partial charge in [0.2, 0.25) is 0 Å². The second kappa shape index (κ2) is 42.9. The molecule has 0 saturated heterocycles. The number of quaternary nitrogens is 1. The number of esters is 2. The van der Waals surface area contributed by atoms with E-state index in [1.165, 1.54) is 25.7 Å². The maximum absolute atomic E-state index is 12.7. The summed E-state index contributed by atoms with van der Waals surface area (Å²) in [6.07, 6.45) is 58.3. The summed E-state index contributed by atoms with van der Waals surface area (Å²) in [5.74, 6) is -0.920. The minimum atomic E-state index is -4.65. The Morgan fingerprint density at radius 1 is 0.516 bits per heavy atom. The zero-order valence-corrected chi connectivity index (χ0v) is 40.4. The Morgan fingerprint density at radius 2 is 0.919 bits per heavy atom. The van der Waals surface area contributed by atoms with Gasteiger partial charge >= 0.3 is 11.9 Å². The zero-order chi connectivity index (χ0) is 45.7. The van der Waals surface area contributed by atoms with E-state index < -0.39 is 32.5 Å². The molecule has 0 aliphatic rings. The summed E-state index contributed by atoms with van der Waals surface area (Å²) in [5, 5.41) is 0. The summed E-state index contributed by atoms with van der Waals surface area (Å²) in [5.41, 5.74) is 0. The van der Waals surface area contributed by atoms with Crippen LogP contribution in [0.3, 0.4) is 0 Å². The van der Waals surface area contributed by atoms with Crippen LogP contribution < -0.4 is 4.89 Å². The highest BCUT2D eigenvalue weighted by molar-refractivity contribution is 7.45. The van der Waals surface area contributed by atoms with Crippen LogP contribution in [0.4, 0.5) is 0 Å². The molecule has 9 nitrogen and oxygen atoms in total. The van der Waals surface area contributed by atoms with Crippen molar-refractivity contribution in [1.82, 2.24) is 0 Å². The Hall–Kier alpha value is -3.33. The molecule has 1 unspecified atom stereocenters. The maximum Gasteiger partial charge on any atom is 0.306 e. The van der Waals surface area contributed by atoms with E-state index in [1.54, 1.807) is 0 Å². The van der Waals surface area contributed by atoms with E-state index in [0.29, 0.717) is 23.9 Å². The van der Waals surface area contributed by atoms with Gasteiger partial charge in [0.15, 0.2) is 6.10 Å². The molecule has 0 aliphatic carbocycles. The quantitative estimate of drug-likeness (QED) is 0.0196. The smallest absolute Gasteiger partial charge is 0.306 e. The van der Waals surface area contributed by atoms with Crippen molar-refractivity contribution in [3.8, 4) is 0 Å². The Morgan fingerprint density at radius 3 is 1.34 bits per heavy atom. The van der Waals surface area contributed by atoms with Crippen LogP contribution in [0, 0.1) is 0 Å². The first-order valence-corrected chi connectivity index (χ1v) is 25.1. The number of nitrogens with zero attached hydrogens (tertiary/aromatic N) is 1. The molecule has 2 atom stereocenters. The van der Waals surface area contributed by atoms with Crippen LogP contribution >= 0.6 is 7.82 Å². The highest BCUT2D eigenvalue weighted by Crippen LogP contribution is 2.38. The van der Waals surface area contributed by atoms with Crippen molar-refractivity contribution in [2.75, 3.05) is 47.5 Å². The number of unbranched alkanes of at least 4 members (excludes halogenated alkanes) is 9. The summed E-state index contributed by atoms with van der Waals surface area (Å²) in [4.78, 5) is 37.6. The second-order valence-corrected chi connectivity index (χ2v) is 17.8. The molecule has 0 aromatic heterocycles. The fourth-order valence-corrected chi connectivity index (χ4v) is 6.33. The van der Waals surface area contributed by atoms with Gasteiger partial charge in [-0.15, -0.1) is 0 Å². The number of carbonyl (C=O) groups is 2. The van der Waals surface area contributed by atoms with E-state index in [4.69, 9.17) is 18.5 Å². The monoisotopic (exact) mass is 884 g/mol. The van der Waals surface area contributed by atoms with E-state index >= 15 is 0 Å². The summed E-state index contributed by atoms with van der Waals surface area (Å²) in [6.45, 7) is 3.98. The molecule has 0 rings (SSSR count). The molecule has 0 aromatic carbocycles. The summed E-state index contributed by atoms with van der Waals surface area (Å²) >= 11 is 0. The SMILES string of the molecule is CC/C=C/C/C=C/C/C=C/C/C=C/C/C=C/CCCCCC(=O)O[C@H](COC(=O)CCCCC/C=C/C/C=C/C/C=C/C/C=C/CCCCC)COP(=O)([O-])OCC[N+](C)(C)C. The van der Waals surface area contributed by atoms with Crippen LogP contribution in [0.25, 0.3) is 0 Å². The lowest BCUT2D eigenvalue weighted by atomic mass is 10.1. The number of hydrogen-bond acceptors (Lipinski definition) is 8. The third kappa shape index (κ3) is 46.2. The molecular weight excluding hydrogens is 798 g/mol. The lowest BCUT2D eigenvalue weighted by Gasteiger charge is -2.28. The molecule has 0 heterocycles. The van der Waals surface area contributed by atoms with Crippen LogP contribution in [0.1, 0.15) is 155 Å². The molecule has 10 heteroatoms. The zero-order valence-electron chi connectivity index (χ0n) is 39.5. The first-order valence-electron chi connectivity index (χ1n) is 23.6. The predicted molar refractivity (Wildman–Crippen MR) is 258 cm³/mol. The van der Waals surface area contributed by atoms with Crippen LogP contribution in [0.5, 0.6) is 0 Å². The van der Waals surface area contributed by atoms with Crippen LogP contribution in [0.15, 0.2) is 109 Å². The molecule has 0 saturated carbocycles. The number of phosphoric acid groups is 1. The lowest BCUT2D eigenvalue weighted by Crippen LogP contribution is -2.37. The molecule has 62 heavy (non-hydrogen) atoms. The van der Waals surface area contributed by atoms with Gasteiger partial charge < -0.3 is 27.9 Å². The number of phosphoric ester groups is 1. The van der Waals surface area contributed by atoms with Crippen molar-refractivity contribution in [3.05, 3.63) is 109 Å². The van der Waals surface area contributed by atoms with Crippen molar-refractivity contribution in [1.29, 1.82) is 0 Å². The van der Waals surface area contributed by atoms with E-state index in [-0.39, 0.29) is 26.1 Å².